The number of anilines is 1. The Kier molecular flexibility index (Phi) is 6.55. The number of piperidine rings is 1. The zero-order valence-electron chi connectivity index (χ0n) is 17.5. The van der Waals surface area contributed by atoms with Crippen LogP contribution in [-0.2, 0) is 0 Å². The van der Waals surface area contributed by atoms with E-state index in [1.54, 1.807) is 18.7 Å². The molecule has 3 aromatic rings. The van der Waals surface area contributed by atoms with Crippen molar-refractivity contribution in [1.29, 1.82) is 0 Å². The molecule has 174 valence electrons. The van der Waals surface area contributed by atoms with Crippen molar-refractivity contribution in [2.45, 2.75) is 32.5 Å². The van der Waals surface area contributed by atoms with E-state index in [1.165, 1.54) is 12.4 Å². The number of nitrogens with one attached hydrogen (secondary N) is 2. The fourth-order valence-electron chi connectivity index (χ4n) is 3.49. The van der Waals surface area contributed by atoms with Gasteiger partial charge in [0.05, 0.1) is 34.5 Å². The normalized spacial score (nSPS) is 18.4. The molecule has 1 amide bonds. The summed E-state index contributed by atoms with van der Waals surface area (Å²) in [5.74, 6) is -1.69. The molecule has 1 saturated heterocycles. The second-order valence-corrected chi connectivity index (χ2v) is 9.34. The van der Waals surface area contributed by atoms with E-state index in [0.717, 1.165) is 11.3 Å². The van der Waals surface area contributed by atoms with Crippen LogP contribution in [0.5, 0.6) is 0 Å². The summed E-state index contributed by atoms with van der Waals surface area (Å²) in [6.07, 6.45) is 1.86. The number of H-pyrrole nitrogens is 1. The number of amides is 1. The van der Waals surface area contributed by atoms with Gasteiger partial charge in [-0.15, -0.1) is 0 Å². The molecule has 0 aliphatic carbocycles. The second kappa shape index (κ2) is 9.24. The number of hydrogen-bond acceptors (Lipinski definition) is 7. The van der Waals surface area contributed by atoms with Crippen LogP contribution in [0.15, 0.2) is 12.4 Å². The SMILES string of the molecule is Cc1cnc(-c2nc(N3CC[C@@H](NC(=O)c4[nH]c(C)c(Cl)c4Cl)[C@@H](F)C3)sc2C(=O)O)cn1. The first kappa shape index (κ1) is 23.4. The van der Waals surface area contributed by atoms with E-state index in [4.69, 9.17) is 23.2 Å². The molecule has 0 saturated carbocycles. The summed E-state index contributed by atoms with van der Waals surface area (Å²) in [4.78, 5) is 41.5. The molecule has 9 nitrogen and oxygen atoms in total. The quantitative estimate of drug-likeness (QED) is 0.473. The van der Waals surface area contributed by atoms with Crippen molar-refractivity contribution in [3.8, 4) is 11.4 Å². The molecule has 1 aliphatic heterocycles. The molecule has 3 aromatic heterocycles. The van der Waals surface area contributed by atoms with Crippen molar-refractivity contribution in [3.63, 3.8) is 0 Å². The highest BCUT2D eigenvalue weighted by Crippen LogP contribution is 2.34. The number of carboxylic acids is 1. The third-order valence-electron chi connectivity index (χ3n) is 5.24. The molecule has 1 aliphatic rings. The maximum atomic E-state index is 15.0. The Balaban J connectivity index is 1.49. The van der Waals surface area contributed by atoms with Gasteiger partial charge in [-0.1, -0.05) is 34.5 Å². The molecule has 0 spiro atoms. The number of aromatic amines is 1. The number of carboxylic acid groups (broad SMARTS) is 1. The van der Waals surface area contributed by atoms with Gasteiger partial charge >= 0.3 is 5.97 Å². The predicted octanol–water partition coefficient (Wildman–Crippen LogP) is 3.90. The summed E-state index contributed by atoms with van der Waals surface area (Å²) >= 11 is 13.0. The zero-order valence-corrected chi connectivity index (χ0v) is 19.9. The number of hydrogen-bond donors (Lipinski definition) is 3. The van der Waals surface area contributed by atoms with Gasteiger partial charge in [0, 0.05) is 18.4 Å². The van der Waals surface area contributed by atoms with Crippen molar-refractivity contribution in [2.24, 2.45) is 0 Å². The van der Waals surface area contributed by atoms with E-state index in [0.29, 0.717) is 35.2 Å². The van der Waals surface area contributed by atoms with Gasteiger partial charge in [0.15, 0.2) is 5.13 Å². The average molecular weight is 513 g/mol. The van der Waals surface area contributed by atoms with Gasteiger partial charge in [0.25, 0.3) is 5.91 Å². The van der Waals surface area contributed by atoms with Gasteiger partial charge in [-0.2, -0.15) is 0 Å². The topological polar surface area (TPSA) is 124 Å². The summed E-state index contributed by atoms with van der Waals surface area (Å²) in [6.45, 7) is 3.76. The lowest BCUT2D eigenvalue weighted by molar-refractivity contribution is 0.0702. The Hall–Kier alpha value is -2.76. The Labute approximate surface area is 202 Å². The van der Waals surface area contributed by atoms with Gasteiger partial charge in [-0.3, -0.25) is 14.8 Å². The maximum absolute atomic E-state index is 15.0. The highest BCUT2D eigenvalue weighted by atomic mass is 35.5. The highest BCUT2D eigenvalue weighted by molar-refractivity contribution is 7.17. The highest BCUT2D eigenvalue weighted by Gasteiger charge is 2.34. The van der Waals surface area contributed by atoms with Crippen LogP contribution in [0, 0.1) is 13.8 Å². The molecule has 33 heavy (non-hydrogen) atoms. The molecular formula is C20H19Cl2FN6O3S. The molecule has 0 bridgehead atoms. The van der Waals surface area contributed by atoms with Crippen LogP contribution >= 0.6 is 34.5 Å². The summed E-state index contributed by atoms with van der Waals surface area (Å²) in [5.41, 5.74) is 1.84. The van der Waals surface area contributed by atoms with Crippen LogP contribution in [0.3, 0.4) is 0 Å². The van der Waals surface area contributed by atoms with Crippen LogP contribution in [0.2, 0.25) is 10.0 Å². The molecule has 4 rings (SSSR count). The number of alkyl halides is 1. The smallest absolute Gasteiger partial charge is 0.348 e. The minimum absolute atomic E-state index is 0.00243. The lowest BCUT2D eigenvalue weighted by Gasteiger charge is -2.34. The summed E-state index contributed by atoms with van der Waals surface area (Å²) < 4.78 is 15.0. The van der Waals surface area contributed by atoms with Crippen molar-refractivity contribution >= 4 is 51.5 Å². The van der Waals surface area contributed by atoms with Crippen LogP contribution < -0.4 is 10.2 Å². The average Bonchev–Trinajstić information content (AvgIpc) is 3.33. The number of carbonyl (C=O) groups excluding carboxylic acids is 1. The molecule has 4 heterocycles. The molecule has 0 unspecified atom stereocenters. The lowest BCUT2D eigenvalue weighted by Crippen LogP contribution is -2.52. The van der Waals surface area contributed by atoms with Gasteiger partial charge < -0.3 is 20.3 Å². The maximum Gasteiger partial charge on any atom is 0.348 e. The van der Waals surface area contributed by atoms with Crippen LogP contribution in [0.25, 0.3) is 11.4 Å². The number of aromatic carboxylic acids is 1. The predicted molar refractivity (Wildman–Crippen MR) is 123 cm³/mol. The van der Waals surface area contributed by atoms with Gasteiger partial charge in [0.2, 0.25) is 0 Å². The molecule has 2 atom stereocenters. The summed E-state index contributed by atoms with van der Waals surface area (Å²) in [7, 11) is 0. The number of nitrogens with zero attached hydrogens (tertiary/aromatic N) is 4. The first-order chi connectivity index (χ1) is 15.7. The van der Waals surface area contributed by atoms with Gasteiger partial charge in [0.1, 0.15) is 28.1 Å². The monoisotopic (exact) mass is 512 g/mol. The van der Waals surface area contributed by atoms with Crippen molar-refractivity contribution in [3.05, 3.63) is 44.4 Å². The summed E-state index contributed by atoms with van der Waals surface area (Å²) in [5, 5.41) is 13.0. The second-order valence-electron chi connectivity index (χ2n) is 7.61. The minimum atomic E-state index is -1.41. The Morgan fingerprint density at radius 1 is 1.27 bits per heavy atom. The van der Waals surface area contributed by atoms with E-state index in [9.17, 15) is 19.1 Å². The zero-order chi connectivity index (χ0) is 23.9. The van der Waals surface area contributed by atoms with Gasteiger partial charge in [-0.25, -0.2) is 14.2 Å². The Morgan fingerprint density at radius 3 is 2.61 bits per heavy atom. The van der Waals surface area contributed by atoms with E-state index < -0.39 is 24.1 Å². The molecule has 0 radical (unpaired) electrons. The first-order valence-electron chi connectivity index (χ1n) is 9.92. The minimum Gasteiger partial charge on any atom is -0.477 e. The van der Waals surface area contributed by atoms with E-state index in [-0.39, 0.29) is 32.9 Å². The molecule has 0 aromatic carbocycles. The van der Waals surface area contributed by atoms with Gasteiger partial charge in [-0.05, 0) is 20.3 Å². The number of carbonyl (C=O) groups is 2. The molecule has 13 heteroatoms. The summed E-state index contributed by atoms with van der Waals surface area (Å²) in [6, 6.07) is -0.742. The van der Waals surface area contributed by atoms with Crippen LogP contribution in [-0.4, -0.2) is 62.2 Å². The first-order valence-corrected chi connectivity index (χ1v) is 11.5. The Bertz CT molecular complexity index is 1220. The number of thiazole rings is 1. The van der Waals surface area contributed by atoms with Crippen LogP contribution in [0.1, 0.15) is 38.0 Å². The van der Waals surface area contributed by atoms with Crippen molar-refractivity contribution in [2.75, 3.05) is 18.0 Å². The van der Waals surface area contributed by atoms with Crippen LogP contribution in [0.4, 0.5) is 9.52 Å². The van der Waals surface area contributed by atoms with Crippen molar-refractivity contribution < 1.29 is 19.1 Å². The molecule has 1 fully saturated rings. The molecular weight excluding hydrogens is 494 g/mol. The number of aryl methyl sites for hydroxylation is 2. The third kappa shape index (κ3) is 4.66. The number of rotatable bonds is 5. The number of halogens is 3. The Morgan fingerprint density at radius 2 is 2.03 bits per heavy atom. The fourth-order valence-corrected chi connectivity index (χ4v) is 4.85. The largest absolute Gasteiger partial charge is 0.477 e. The van der Waals surface area contributed by atoms with E-state index in [1.807, 2.05) is 0 Å². The fraction of sp³-hybridized carbons (Fsp3) is 0.350. The number of aromatic nitrogens is 4. The standard InChI is InChI=1S/C20H19Cl2FN6O3S/c1-8-5-25-12(6-24-8)15-17(19(31)32)33-20(28-15)29-4-3-11(10(23)7-29)27-18(30)16-14(22)13(21)9(2)26-16/h5-6,10-11,26H,3-4,7H2,1-2H3,(H,27,30)(H,31,32)/t10-,11+/m0/s1. The van der Waals surface area contributed by atoms with E-state index in [2.05, 4.69) is 25.3 Å². The third-order valence-corrected chi connectivity index (χ3v) is 7.29. The molecule has 3 N–H and O–H groups in total. The van der Waals surface area contributed by atoms with Crippen molar-refractivity contribution in [1.82, 2.24) is 25.3 Å². The van der Waals surface area contributed by atoms with E-state index >= 15 is 0 Å². The lowest BCUT2D eigenvalue weighted by atomic mass is 10.0.